The highest BCUT2D eigenvalue weighted by Crippen LogP contribution is 2.36. The Morgan fingerprint density at radius 3 is 2.80 bits per heavy atom. The molecule has 2 nitrogen and oxygen atoms in total. The normalized spacial score (nSPS) is 12.7. The van der Waals surface area contributed by atoms with Crippen molar-refractivity contribution in [3.8, 4) is 11.3 Å². The van der Waals surface area contributed by atoms with Crippen LogP contribution in [0.5, 0.6) is 0 Å². The fourth-order valence-corrected chi connectivity index (χ4v) is 3.16. The van der Waals surface area contributed by atoms with Crippen LogP contribution in [0.2, 0.25) is 5.02 Å². The quantitative estimate of drug-likeness (QED) is 0.808. The van der Waals surface area contributed by atoms with Crippen LogP contribution < -0.4 is 5.32 Å². The zero-order chi connectivity index (χ0) is 14.7. The van der Waals surface area contributed by atoms with Gasteiger partial charge in [-0.15, -0.1) is 0 Å². The standard InChI is InChI=1S/C15H16BrClFNO/c1-3-19-9(2)6-11-4-5-14(20-11)15-12(16)7-10(18)8-13(15)17/h4-5,7-9,19H,3,6H2,1-2H3. The van der Waals surface area contributed by atoms with E-state index in [-0.39, 0.29) is 5.82 Å². The molecule has 0 bridgehead atoms. The zero-order valence-electron chi connectivity index (χ0n) is 11.3. The van der Waals surface area contributed by atoms with Crippen LogP contribution in [0.1, 0.15) is 19.6 Å². The fourth-order valence-electron chi connectivity index (χ4n) is 2.12. The van der Waals surface area contributed by atoms with Crippen LogP contribution in [0.15, 0.2) is 33.2 Å². The number of benzene rings is 1. The van der Waals surface area contributed by atoms with Crippen molar-refractivity contribution in [2.45, 2.75) is 26.3 Å². The second-order valence-electron chi connectivity index (χ2n) is 4.67. The van der Waals surface area contributed by atoms with E-state index in [1.165, 1.54) is 12.1 Å². The van der Waals surface area contributed by atoms with Crippen LogP contribution in [0.25, 0.3) is 11.3 Å². The molecule has 0 saturated carbocycles. The average molecular weight is 361 g/mol. The third kappa shape index (κ3) is 3.62. The van der Waals surface area contributed by atoms with Gasteiger partial charge in [0.25, 0.3) is 0 Å². The lowest BCUT2D eigenvalue weighted by Crippen LogP contribution is -2.27. The van der Waals surface area contributed by atoms with Gasteiger partial charge < -0.3 is 9.73 Å². The van der Waals surface area contributed by atoms with Crippen molar-refractivity contribution >= 4 is 27.5 Å². The van der Waals surface area contributed by atoms with Crippen molar-refractivity contribution < 1.29 is 8.81 Å². The summed E-state index contributed by atoms with van der Waals surface area (Å²) in [6.07, 6.45) is 0.796. The Labute approximate surface area is 131 Å². The summed E-state index contributed by atoms with van der Waals surface area (Å²) >= 11 is 9.41. The second kappa shape index (κ2) is 6.74. The van der Waals surface area contributed by atoms with Gasteiger partial charge in [0.05, 0.1) is 10.6 Å². The lowest BCUT2D eigenvalue weighted by molar-refractivity contribution is 0.470. The van der Waals surface area contributed by atoms with Crippen LogP contribution in [-0.2, 0) is 6.42 Å². The molecular weight excluding hydrogens is 345 g/mol. The van der Waals surface area contributed by atoms with Crippen molar-refractivity contribution in [1.82, 2.24) is 5.32 Å². The van der Waals surface area contributed by atoms with Crippen molar-refractivity contribution in [3.63, 3.8) is 0 Å². The molecule has 5 heteroatoms. The summed E-state index contributed by atoms with van der Waals surface area (Å²) in [7, 11) is 0. The summed E-state index contributed by atoms with van der Waals surface area (Å²) in [4.78, 5) is 0. The van der Waals surface area contributed by atoms with E-state index in [0.29, 0.717) is 26.9 Å². The first-order chi connectivity index (χ1) is 9.51. The molecule has 0 aliphatic carbocycles. The molecule has 1 aromatic carbocycles. The van der Waals surface area contributed by atoms with Gasteiger partial charge in [0, 0.05) is 16.9 Å². The van der Waals surface area contributed by atoms with E-state index in [2.05, 4.69) is 35.1 Å². The van der Waals surface area contributed by atoms with Crippen LogP contribution in [0, 0.1) is 5.82 Å². The Morgan fingerprint density at radius 1 is 1.40 bits per heavy atom. The predicted molar refractivity (Wildman–Crippen MR) is 83.7 cm³/mol. The molecule has 0 fully saturated rings. The van der Waals surface area contributed by atoms with Crippen LogP contribution >= 0.6 is 27.5 Å². The lowest BCUT2D eigenvalue weighted by atomic mass is 10.1. The van der Waals surface area contributed by atoms with Gasteiger partial charge >= 0.3 is 0 Å². The summed E-state index contributed by atoms with van der Waals surface area (Å²) in [6.45, 7) is 5.09. The second-order valence-corrected chi connectivity index (χ2v) is 5.93. The highest BCUT2D eigenvalue weighted by Gasteiger charge is 2.15. The molecule has 108 valence electrons. The Hall–Kier alpha value is -0.840. The van der Waals surface area contributed by atoms with Gasteiger partial charge in [-0.1, -0.05) is 18.5 Å². The molecule has 1 heterocycles. The molecule has 2 aromatic rings. The monoisotopic (exact) mass is 359 g/mol. The highest BCUT2D eigenvalue weighted by atomic mass is 79.9. The average Bonchev–Trinajstić information content (AvgIpc) is 2.76. The molecule has 20 heavy (non-hydrogen) atoms. The van der Waals surface area contributed by atoms with Crippen LogP contribution in [0.4, 0.5) is 4.39 Å². The third-order valence-electron chi connectivity index (χ3n) is 2.97. The van der Waals surface area contributed by atoms with Gasteiger partial charge in [-0.25, -0.2) is 4.39 Å². The van der Waals surface area contributed by atoms with Gasteiger partial charge in [0.15, 0.2) is 0 Å². The first kappa shape index (κ1) is 15.5. The summed E-state index contributed by atoms with van der Waals surface area (Å²) in [6, 6.07) is 6.79. The molecule has 1 N–H and O–H groups in total. The Bertz CT molecular complexity index is 576. The molecule has 0 aliphatic heterocycles. The first-order valence-electron chi connectivity index (χ1n) is 6.48. The number of nitrogens with one attached hydrogen (secondary N) is 1. The Balaban J connectivity index is 2.25. The molecule has 0 amide bonds. The van der Waals surface area contributed by atoms with Gasteiger partial charge in [0.1, 0.15) is 17.3 Å². The topological polar surface area (TPSA) is 25.2 Å². The number of hydrogen-bond acceptors (Lipinski definition) is 2. The summed E-state index contributed by atoms with van der Waals surface area (Å²) in [5.41, 5.74) is 0.676. The van der Waals surface area contributed by atoms with Gasteiger partial charge in [-0.3, -0.25) is 0 Å². The van der Waals surface area contributed by atoms with Gasteiger partial charge in [0.2, 0.25) is 0 Å². The summed E-state index contributed by atoms with van der Waals surface area (Å²) in [5.74, 6) is 1.14. The van der Waals surface area contributed by atoms with Crippen molar-refractivity contribution in [3.05, 3.63) is 45.3 Å². The largest absolute Gasteiger partial charge is 0.461 e. The van der Waals surface area contributed by atoms with E-state index in [0.717, 1.165) is 18.7 Å². The number of halogens is 3. The zero-order valence-corrected chi connectivity index (χ0v) is 13.7. The maximum Gasteiger partial charge on any atom is 0.136 e. The van der Waals surface area contributed by atoms with E-state index in [1.807, 2.05) is 12.1 Å². The molecule has 1 aromatic heterocycles. The molecule has 0 radical (unpaired) electrons. The van der Waals surface area contributed by atoms with Crippen molar-refractivity contribution in [1.29, 1.82) is 0 Å². The molecule has 1 unspecified atom stereocenters. The molecule has 0 saturated heterocycles. The Morgan fingerprint density at radius 2 is 2.15 bits per heavy atom. The van der Waals surface area contributed by atoms with Gasteiger partial charge in [-0.2, -0.15) is 0 Å². The number of likely N-dealkylation sites (N-methyl/N-ethyl adjacent to an activating group) is 1. The minimum Gasteiger partial charge on any atom is -0.461 e. The predicted octanol–water partition coefficient (Wildman–Crippen LogP) is 5.04. The summed E-state index contributed by atoms with van der Waals surface area (Å²) in [5, 5.41) is 3.66. The maximum absolute atomic E-state index is 13.2. The molecule has 2 rings (SSSR count). The van der Waals surface area contributed by atoms with E-state index >= 15 is 0 Å². The van der Waals surface area contributed by atoms with E-state index < -0.39 is 0 Å². The first-order valence-corrected chi connectivity index (χ1v) is 7.65. The van der Waals surface area contributed by atoms with Crippen LogP contribution in [-0.4, -0.2) is 12.6 Å². The molecule has 0 aliphatic rings. The van der Waals surface area contributed by atoms with Crippen LogP contribution in [0.3, 0.4) is 0 Å². The fraction of sp³-hybridized carbons (Fsp3) is 0.333. The van der Waals surface area contributed by atoms with Crippen molar-refractivity contribution in [2.75, 3.05) is 6.54 Å². The Kier molecular flexibility index (Phi) is 5.24. The summed E-state index contributed by atoms with van der Waals surface area (Å²) < 4.78 is 19.6. The van der Waals surface area contributed by atoms with E-state index in [9.17, 15) is 4.39 Å². The minimum atomic E-state index is -0.377. The number of furan rings is 1. The molecular formula is C15H16BrClFNO. The minimum absolute atomic E-state index is 0.331. The van der Waals surface area contributed by atoms with Gasteiger partial charge in [-0.05, 0) is 53.7 Å². The number of hydrogen-bond donors (Lipinski definition) is 1. The smallest absolute Gasteiger partial charge is 0.136 e. The van der Waals surface area contributed by atoms with E-state index in [1.54, 1.807) is 0 Å². The SMILES string of the molecule is CCNC(C)Cc1ccc(-c2c(Cl)cc(F)cc2Br)o1. The maximum atomic E-state index is 13.2. The van der Waals surface area contributed by atoms with Crippen molar-refractivity contribution in [2.24, 2.45) is 0 Å². The van der Waals surface area contributed by atoms with E-state index in [4.69, 9.17) is 16.0 Å². The third-order valence-corrected chi connectivity index (χ3v) is 3.90. The molecule has 1 atom stereocenters. The lowest BCUT2D eigenvalue weighted by Gasteiger charge is -2.10. The molecule has 0 spiro atoms. The highest BCUT2D eigenvalue weighted by molar-refractivity contribution is 9.10. The number of rotatable bonds is 5.